The lowest BCUT2D eigenvalue weighted by molar-refractivity contribution is -0.114. The van der Waals surface area contributed by atoms with Crippen LogP contribution >= 0.6 is 0 Å². The predicted molar refractivity (Wildman–Crippen MR) is 85.6 cm³/mol. The number of hydrogen-bond acceptors (Lipinski definition) is 4. The minimum absolute atomic E-state index is 0.348. The maximum atomic E-state index is 11.7. The fourth-order valence-corrected chi connectivity index (χ4v) is 3.08. The predicted octanol–water partition coefficient (Wildman–Crippen LogP) is 1.20. The molecular weight excluding hydrogens is 300 g/mol. The highest BCUT2D eigenvalue weighted by molar-refractivity contribution is 7.93. The lowest BCUT2D eigenvalue weighted by atomic mass is 10.1. The molecule has 1 amide bonds. The van der Waals surface area contributed by atoms with Crippen LogP contribution in [0.5, 0.6) is 0 Å². The van der Waals surface area contributed by atoms with Gasteiger partial charge in [0.15, 0.2) is 16.0 Å². The summed E-state index contributed by atoms with van der Waals surface area (Å²) in [6, 6.07) is 8.21. The smallest absolute Gasteiger partial charge is 0.258 e. The van der Waals surface area contributed by atoms with Gasteiger partial charge in [0.2, 0.25) is 0 Å². The third-order valence-electron chi connectivity index (χ3n) is 3.23. The number of hydrogen-bond donors (Lipinski definition) is 1. The van der Waals surface area contributed by atoms with E-state index in [0.29, 0.717) is 5.03 Å². The van der Waals surface area contributed by atoms with Gasteiger partial charge in [-0.15, -0.1) is 0 Å². The van der Waals surface area contributed by atoms with Crippen LogP contribution in [-0.4, -0.2) is 38.9 Å². The van der Waals surface area contributed by atoms with Gasteiger partial charge in [0.05, 0.1) is 6.20 Å². The normalized spacial score (nSPS) is 17.7. The summed E-state index contributed by atoms with van der Waals surface area (Å²) in [5, 5.41) is 4.53. The van der Waals surface area contributed by atoms with Crippen LogP contribution in [0.4, 0.5) is 0 Å². The van der Waals surface area contributed by atoms with Crippen molar-refractivity contribution < 1.29 is 9.00 Å². The number of benzene rings is 1. The van der Waals surface area contributed by atoms with E-state index in [1.807, 2.05) is 26.2 Å². The van der Waals surface area contributed by atoms with Crippen molar-refractivity contribution in [1.29, 1.82) is 0 Å². The van der Waals surface area contributed by atoms with E-state index in [1.54, 1.807) is 12.4 Å². The molecule has 0 bridgehead atoms. The Hall–Kier alpha value is -2.25. The van der Waals surface area contributed by atoms with Gasteiger partial charge >= 0.3 is 0 Å². The lowest BCUT2D eigenvalue weighted by Gasteiger charge is -2.09. The van der Waals surface area contributed by atoms with Crippen LogP contribution in [-0.2, 0) is 22.3 Å². The topological polar surface area (TPSA) is 67.2 Å². The standard InChI is InChI=1S/C15H16N4O2S/c1-18(2)9-11-3-5-12(6-4-11)13-8-16-19(10-13)15-7-14(20)17-22(15)21/h3-8,10H,9H2,1-2H3,(H,17,20). The Balaban J connectivity index is 1.83. The highest BCUT2D eigenvalue weighted by atomic mass is 32.2. The molecule has 3 rings (SSSR count). The summed E-state index contributed by atoms with van der Waals surface area (Å²) in [6.07, 6.45) is 4.76. The molecule has 0 radical (unpaired) electrons. The van der Waals surface area contributed by atoms with Crippen molar-refractivity contribution in [3.63, 3.8) is 0 Å². The Morgan fingerprint density at radius 3 is 2.55 bits per heavy atom. The Morgan fingerprint density at radius 1 is 1.23 bits per heavy atom. The molecule has 6 nitrogen and oxygen atoms in total. The Kier molecular flexibility index (Phi) is 3.91. The quantitative estimate of drug-likeness (QED) is 0.920. The van der Waals surface area contributed by atoms with E-state index in [0.717, 1.165) is 17.7 Å². The first kappa shape index (κ1) is 14.7. The van der Waals surface area contributed by atoms with Crippen LogP contribution in [0.3, 0.4) is 0 Å². The fraction of sp³-hybridized carbons (Fsp3) is 0.200. The van der Waals surface area contributed by atoms with E-state index < -0.39 is 11.0 Å². The molecule has 1 aromatic carbocycles. The molecule has 0 spiro atoms. The molecule has 7 heteroatoms. The van der Waals surface area contributed by atoms with Crippen molar-refractivity contribution in [2.45, 2.75) is 6.54 Å². The number of nitrogens with one attached hydrogen (secondary N) is 1. The summed E-state index contributed by atoms with van der Waals surface area (Å²) >= 11 is 0. The molecular formula is C15H16N4O2S. The van der Waals surface area contributed by atoms with Crippen molar-refractivity contribution in [3.8, 4) is 11.1 Å². The molecule has 1 atom stereocenters. The van der Waals surface area contributed by atoms with Crippen LogP contribution in [0.2, 0.25) is 0 Å². The fourth-order valence-electron chi connectivity index (χ4n) is 2.25. The van der Waals surface area contributed by atoms with Gasteiger partial charge in [-0.2, -0.15) is 5.10 Å². The summed E-state index contributed by atoms with van der Waals surface area (Å²) < 4.78 is 15.5. The second-order valence-electron chi connectivity index (χ2n) is 5.33. The Labute approximate surface area is 131 Å². The summed E-state index contributed by atoms with van der Waals surface area (Å²) in [5.41, 5.74) is 3.17. The molecule has 1 aromatic heterocycles. The molecule has 114 valence electrons. The van der Waals surface area contributed by atoms with Crippen LogP contribution in [0, 0.1) is 0 Å². The van der Waals surface area contributed by atoms with Gasteiger partial charge in [0.1, 0.15) is 0 Å². The summed E-state index contributed by atoms with van der Waals surface area (Å²) in [6.45, 7) is 0.888. The first-order valence-electron chi connectivity index (χ1n) is 6.76. The number of amides is 1. The molecule has 0 fully saturated rings. The molecule has 1 N–H and O–H groups in total. The minimum atomic E-state index is -1.54. The van der Waals surface area contributed by atoms with E-state index in [2.05, 4.69) is 26.9 Å². The van der Waals surface area contributed by atoms with E-state index in [1.165, 1.54) is 16.3 Å². The molecule has 0 saturated carbocycles. The summed E-state index contributed by atoms with van der Waals surface area (Å²) in [5.74, 6) is -0.363. The summed E-state index contributed by atoms with van der Waals surface area (Å²) in [7, 11) is 2.52. The highest BCUT2D eigenvalue weighted by Crippen LogP contribution is 2.22. The molecule has 2 aromatic rings. The third kappa shape index (κ3) is 3.00. The molecule has 1 aliphatic rings. The Bertz CT molecular complexity index is 762. The molecule has 2 heterocycles. The zero-order valence-corrected chi connectivity index (χ0v) is 13.1. The SMILES string of the molecule is CN(C)Cc1ccc(-c2cnn(C3=CC(=O)NS3=O)c2)cc1. The van der Waals surface area contributed by atoms with E-state index in [-0.39, 0.29) is 5.91 Å². The number of aromatic nitrogens is 2. The van der Waals surface area contributed by atoms with E-state index >= 15 is 0 Å². The second-order valence-corrected chi connectivity index (χ2v) is 6.49. The van der Waals surface area contributed by atoms with Gasteiger partial charge in [-0.25, -0.2) is 8.89 Å². The van der Waals surface area contributed by atoms with Crippen molar-refractivity contribution in [3.05, 3.63) is 48.3 Å². The van der Waals surface area contributed by atoms with Crippen LogP contribution in [0.15, 0.2) is 42.7 Å². The van der Waals surface area contributed by atoms with Gasteiger partial charge < -0.3 is 4.90 Å². The van der Waals surface area contributed by atoms with Crippen LogP contribution < -0.4 is 4.72 Å². The average molecular weight is 316 g/mol. The molecule has 0 aliphatic carbocycles. The maximum absolute atomic E-state index is 11.7. The molecule has 1 aliphatic heterocycles. The van der Waals surface area contributed by atoms with Gasteiger partial charge in [-0.1, -0.05) is 24.3 Å². The van der Waals surface area contributed by atoms with Gasteiger partial charge in [0.25, 0.3) is 5.91 Å². The van der Waals surface area contributed by atoms with Gasteiger partial charge in [-0.05, 0) is 25.2 Å². The molecule has 22 heavy (non-hydrogen) atoms. The lowest BCUT2D eigenvalue weighted by Crippen LogP contribution is -2.17. The van der Waals surface area contributed by atoms with E-state index in [4.69, 9.17) is 0 Å². The van der Waals surface area contributed by atoms with Crippen molar-refractivity contribution >= 4 is 21.9 Å². The number of rotatable bonds is 4. The minimum Gasteiger partial charge on any atom is -0.305 e. The highest BCUT2D eigenvalue weighted by Gasteiger charge is 2.21. The van der Waals surface area contributed by atoms with E-state index in [9.17, 15) is 9.00 Å². The molecule has 0 saturated heterocycles. The summed E-state index contributed by atoms with van der Waals surface area (Å²) in [4.78, 5) is 13.3. The molecule has 1 unspecified atom stereocenters. The van der Waals surface area contributed by atoms with Crippen LogP contribution in [0.25, 0.3) is 16.2 Å². The number of nitrogens with zero attached hydrogens (tertiary/aromatic N) is 3. The number of carbonyl (C=O) groups excluding carboxylic acids is 1. The van der Waals surface area contributed by atoms with Gasteiger partial charge in [0, 0.05) is 24.4 Å². The number of carbonyl (C=O) groups is 1. The van der Waals surface area contributed by atoms with Crippen molar-refractivity contribution in [2.24, 2.45) is 0 Å². The van der Waals surface area contributed by atoms with Crippen molar-refractivity contribution in [1.82, 2.24) is 19.4 Å². The second kappa shape index (κ2) is 5.86. The zero-order chi connectivity index (χ0) is 15.7. The van der Waals surface area contributed by atoms with Gasteiger partial charge in [-0.3, -0.25) is 9.52 Å². The maximum Gasteiger partial charge on any atom is 0.258 e. The average Bonchev–Trinajstić information content (AvgIpc) is 3.05. The first-order chi connectivity index (χ1) is 10.5. The van der Waals surface area contributed by atoms with Crippen LogP contribution in [0.1, 0.15) is 5.56 Å². The third-order valence-corrected chi connectivity index (χ3v) is 4.30. The largest absolute Gasteiger partial charge is 0.305 e. The monoisotopic (exact) mass is 316 g/mol. The zero-order valence-electron chi connectivity index (χ0n) is 12.3. The Morgan fingerprint density at radius 2 is 1.95 bits per heavy atom. The first-order valence-corrected chi connectivity index (χ1v) is 7.91. The van der Waals surface area contributed by atoms with Crippen molar-refractivity contribution in [2.75, 3.05) is 14.1 Å².